The van der Waals surface area contributed by atoms with Gasteiger partial charge < -0.3 is 5.32 Å². The SMILES string of the molecule is Cc1c(NC(=O)c2cccc(C(F)(F)F)c2)c(=O)n(-c2ccccc2)n1C. The standard InChI is InChI=1S/C19H16F3N3O2/c1-12-16(18(27)25(24(12)2)15-9-4-3-5-10-15)23-17(26)13-7-6-8-14(11-13)19(20,21)22/h3-11H,1-2H3,(H,23,26). The van der Waals surface area contributed by atoms with E-state index in [0.29, 0.717) is 11.4 Å². The molecule has 1 amide bonds. The number of amides is 1. The van der Waals surface area contributed by atoms with E-state index in [2.05, 4.69) is 5.32 Å². The van der Waals surface area contributed by atoms with Crippen molar-refractivity contribution in [2.24, 2.45) is 7.05 Å². The number of hydrogen-bond acceptors (Lipinski definition) is 2. The van der Waals surface area contributed by atoms with Crippen molar-refractivity contribution < 1.29 is 18.0 Å². The zero-order chi connectivity index (χ0) is 19.8. The van der Waals surface area contributed by atoms with Crippen LogP contribution in [0.25, 0.3) is 5.69 Å². The summed E-state index contributed by atoms with van der Waals surface area (Å²) in [5, 5.41) is 2.44. The second kappa shape index (κ2) is 6.79. The smallest absolute Gasteiger partial charge is 0.316 e. The molecule has 3 aromatic rings. The monoisotopic (exact) mass is 375 g/mol. The van der Waals surface area contributed by atoms with Gasteiger partial charge in [-0.25, -0.2) is 4.68 Å². The summed E-state index contributed by atoms with van der Waals surface area (Å²) in [7, 11) is 1.66. The molecule has 0 atom stereocenters. The number of nitrogens with zero attached hydrogens (tertiary/aromatic N) is 2. The average Bonchev–Trinajstić information content (AvgIpc) is 2.85. The van der Waals surface area contributed by atoms with Crippen molar-refractivity contribution in [1.82, 2.24) is 9.36 Å². The van der Waals surface area contributed by atoms with Crippen LogP contribution in [-0.4, -0.2) is 15.3 Å². The summed E-state index contributed by atoms with van der Waals surface area (Å²) in [6.45, 7) is 1.64. The maximum atomic E-state index is 12.8. The first-order valence-corrected chi connectivity index (χ1v) is 8.03. The molecule has 27 heavy (non-hydrogen) atoms. The molecule has 1 N–H and O–H groups in total. The Bertz CT molecular complexity index is 1050. The number of para-hydroxylation sites is 1. The first kappa shape index (κ1) is 18.5. The number of carbonyl (C=O) groups excluding carboxylic acids is 1. The molecule has 5 nitrogen and oxygen atoms in total. The number of hydrogen-bond donors (Lipinski definition) is 1. The van der Waals surface area contributed by atoms with Crippen molar-refractivity contribution >= 4 is 11.6 Å². The van der Waals surface area contributed by atoms with Crippen molar-refractivity contribution in [3.63, 3.8) is 0 Å². The minimum absolute atomic E-state index is 0.0174. The Hall–Kier alpha value is -3.29. The number of carbonyl (C=O) groups is 1. The molecule has 8 heteroatoms. The number of anilines is 1. The number of benzene rings is 2. The van der Waals surface area contributed by atoms with Crippen molar-refractivity contribution in [3.05, 3.63) is 81.8 Å². The third-order valence-corrected chi connectivity index (χ3v) is 4.24. The quantitative estimate of drug-likeness (QED) is 0.758. The highest BCUT2D eigenvalue weighted by atomic mass is 19.4. The Balaban J connectivity index is 1.98. The van der Waals surface area contributed by atoms with Crippen LogP contribution in [-0.2, 0) is 13.2 Å². The minimum Gasteiger partial charge on any atom is -0.316 e. The van der Waals surface area contributed by atoms with Gasteiger partial charge in [-0.05, 0) is 37.3 Å². The predicted molar refractivity (Wildman–Crippen MR) is 95.1 cm³/mol. The fraction of sp³-hybridized carbons (Fsp3) is 0.158. The van der Waals surface area contributed by atoms with Crippen LogP contribution in [0.5, 0.6) is 0 Å². The Morgan fingerprint density at radius 1 is 1.04 bits per heavy atom. The topological polar surface area (TPSA) is 56.0 Å². The molecule has 3 rings (SSSR count). The van der Waals surface area contributed by atoms with Crippen LogP contribution in [0.15, 0.2) is 59.4 Å². The molecular weight excluding hydrogens is 359 g/mol. The first-order chi connectivity index (χ1) is 12.7. The van der Waals surface area contributed by atoms with Crippen LogP contribution in [0.2, 0.25) is 0 Å². The fourth-order valence-corrected chi connectivity index (χ4v) is 2.73. The van der Waals surface area contributed by atoms with Gasteiger partial charge in [0.2, 0.25) is 0 Å². The van der Waals surface area contributed by atoms with E-state index in [-0.39, 0.29) is 11.3 Å². The minimum atomic E-state index is -4.56. The van der Waals surface area contributed by atoms with Crippen LogP contribution < -0.4 is 10.9 Å². The van der Waals surface area contributed by atoms with E-state index in [1.807, 2.05) is 0 Å². The maximum Gasteiger partial charge on any atom is 0.416 e. The summed E-state index contributed by atoms with van der Waals surface area (Å²) in [5.41, 5.74) is -0.484. The van der Waals surface area contributed by atoms with Gasteiger partial charge in [-0.2, -0.15) is 13.2 Å². The lowest BCUT2D eigenvalue weighted by Gasteiger charge is -2.09. The number of alkyl halides is 3. The van der Waals surface area contributed by atoms with E-state index >= 15 is 0 Å². The van der Waals surface area contributed by atoms with Gasteiger partial charge in [0.1, 0.15) is 5.69 Å². The molecule has 2 aromatic carbocycles. The van der Waals surface area contributed by atoms with Crippen LogP contribution in [0.3, 0.4) is 0 Å². The second-order valence-corrected chi connectivity index (χ2v) is 5.97. The third-order valence-electron chi connectivity index (χ3n) is 4.24. The number of nitrogens with one attached hydrogen (secondary N) is 1. The highest BCUT2D eigenvalue weighted by Crippen LogP contribution is 2.29. The molecule has 0 bridgehead atoms. The number of rotatable bonds is 3. The molecule has 0 unspecified atom stereocenters. The van der Waals surface area contributed by atoms with E-state index in [1.165, 1.54) is 10.7 Å². The Kier molecular flexibility index (Phi) is 4.65. The molecular formula is C19H16F3N3O2. The van der Waals surface area contributed by atoms with Crippen molar-refractivity contribution in [2.75, 3.05) is 5.32 Å². The fourth-order valence-electron chi connectivity index (χ4n) is 2.73. The summed E-state index contributed by atoms with van der Waals surface area (Å²) in [6.07, 6.45) is -4.56. The zero-order valence-corrected chi connectivity index (χ0v) is 14.5. The van der Waals surface area contributed by atoms with E-state index in [0.717, 1.165) is 18.2 Å². The maximum absolute atomic E-state index is 12.8. The second-order valence-electron chi connectivity index (χ2n) is 5.97. The van der Waals surface area contributed by atoms with Gasteiger partial charge in [0.25, 0.3) is 11.5 Å². The average molecular weight is 375 g/mol. The zero-order valence-electron chi connectivity index (χ0n) is 14.5. The first-order valence-electron chi connectivity index (χ1n) is 8.03. The molecule has 0 spiro atoms. The van der Waals surface area contributed by atoms with Crippen LogP contribution in [0.1, 0.15) is 21.6 Å². The third kappa shape index (κ3) is 3.51. The molecule has 0 saturated carbocycles. The van der Waals surface area contributed by atoms with Gasteiger partial charge in [-0.3, -0.25) is 14.3 Å². The van der Waals surface area contributed by atoms with Crippen LogP contribution in [0.4, 0.5) is 18.9 Å². The van der Waals surface area contributed by atoms with Crippen LogP contribution >= 0.6 is 0 Å². The van der Waals surface area contributed by atoms with Crippen LogP contribution in [0, 0.1) is 6.92 Å². The summed E-state index contributed by atoms with van der Waals surface area (Å²) in [4.78, 5) is 25.2. The Morgan fingerprint density at radius 2 is 1.70 bits per heavy atom. The number of halogens is 3. The molecule has 1 heterocycles. The summed E-state index contributed by atoms with van der Waals surface area (Å²) < 4.78 is 41.5. The van der Waals surface area contributed by atoms with E-state index in [9.17, 15) is 22.8 Å². The molecule has 0 aliphatic heterocycles. The van der Waals surface area contributed by atoms with Crippen molar-refractivity contribution in [2.45, 2.75) is 13.1 Å². The van der Waals surface area contributed by atoms with Gasteiger partial charge in [0, 0.05) is 12.6 Å². The Morgan fingerprint density at radius 3 is 2.33 bits per heavy atom. The normalized spacial score (nSPS) is 11.4. The number of aromatic nitrogens is 2. The van der Waals surface area contributed by atoms with Crippen molar-refractivity contribution in [1.29, 1.82) is 0 Å². The van der Waals surface area contributed by atoms with Gasteiger partial charge >= 0.3 is 6.18 Å². The highest BCUT2D eigenvalue weighted by Gasteiger charge is 2.31. The molecule has 0 aliphatic carbocycles. The molecule has 0 fully saturated rings. The van der Waals surface area contributed by atoms with Gasteiger partial charge in [0.05, 0.1) is 16.9 Å². The van der Waals surface area contributed by atoms with E-state index in [4.69, 9.17) is 0 Å². The highest BCUT2D eigenvalue weighted by molar-refractivity contribution is 6.04. The lowest BCUT2D eigenvalue weighted by atomic mass is 10.1. The predicted octanol–water partition coefficient (Wildman–Crippen LogP) is 3.76. The van der Waals surface area contributed by atoms with Crippen molar-refractivity contribution in [3.8, 4) is 5.69 Å². The van der Waals surface area contributed by atoms with Gasteiger partial charge in [-0.15, -0.1) is 0 Å². The largest absolute Gasteiger partial charge is 0.416 e. The van der Waals surface area contributed by atoms with E-state index < -0.39 is 23.2 Å². The summed E-state index contributed by atoms with van der Waals surface area (Å²) in [5.74, 6) is -0.785. The summed E-state index contributed by atoms with van der Waals surface area (Å²) in [6, 6.07) is 12.9. The lowest BCUT2D eigenvalue weighted by molar-refractivity contribution is -0.137. The van der Waals surface area contributed by atoms with E-state index in [1.54, 1.807) is 49.0 Å². The molecule has 0 saturated heterocycles. The molecule has 0 radical (unpaired) electrons. The van der Waals surface area contributed by atoms with Gasteiger partial charge in [0.15, 0.2) is 0 Å². The van der Waals surface area contributed by atoms with Gasteiger partial charge in [-0.1, -0.05) is 24.3 Å². The molecule has 140 valence electrons. The molecule has 0 aliphatic rings. The molecule has 1 aromatic heterocycles. The summed E-state index contributed by atoms with van der Waals surface area (Å²) >= 11 is 0. The lowest BCUT2D eigenvalue weighted by Crippen LogP contribution is -2.23. The Labute approximate surface area is 152 Å².